The summed E-state index contributed by atoms with van der Waals surface area (Å²) in [6, 6.07) is -0.396. The smallest absolute Gasteiger partial charge is 0.242 e. The molecule has 0 aliphatic heterocycles. The maximum absolute atomic E-state index is 11.7. The Morgan fingerprint density at radius 2 is 1.84 bits per heavy atom. The van der Waals surface area contributed by atoms with Crippen LogP contribution in [0.1, 0.15) is 27.2 Å². The minimum atomic E-state index is -0.518. The summed E-state index contributed by atoms with van der Waals surface area (Å²) < 4.78 is 4.84. The molecule has 0 rings (SSSR count). The summed E-state index contributed by atoms with van der Waals surface area (Å²) in [5, 5.41) is 8.36. The van der Waals surface area contributed by atoms with Gasteiger partial charge in [0, 0.05) is 19.7 Å². The summed E-state index contributed by atoms with van der Waals surface area (Å²) >= 11 is 0. The fourth-order valence-electron chi connectivity index (χ4n) is 1.20. The van der Waals surface area contributed by atoms with Crippen molar-refractivity contribution < 1.29 is 14.3 Å². The van der Waals surface area contributed by atoms with E-state index >= 15 is 0 Å². The highest BCUT2D eigenvalue weighted by molar-refractivity contribution is 5.88. The SMILES string of the molecule is CCC(C)NC(=O)C(C)NC(=O)CNCCOC.Cl. The highest BCUT2D eigenvalue weighted by Gasteiger charge is 2.16. The first-order valence-electron chi connectivity index (χ1n) is 6.30. The van der Waals surface area contributed by atoms with Gasteiger partial charge in [-0.3, -0.25) is 9.59 Å². The van der Waals surface area contributed by atoms with Crippen LogP contribution in [0.5, 0.6) is 0 Å². The van der Waals surface area contributed by atoms with Gasteiger partial charge in [0.05, 0.1) is 13.2 Å². The fraction of sp³-hybridized carbons (Fsp3) is 0.833. The Morgan fingerprint density at radius 3 is 2.37 bits per heavy atom. The summed E-state index contributed by atoms with van der Waals surface area (Å²) in [6.07, 6.45) is 0.866. The lowest BCUT2D eigenvalue weighted by molar-refractivity contribution is -0.128. The van der Waals surface area contributed by atoms with Crippen molar-refractivity contribution >= 4 is 24.2 Å². The molecule has 0 aromatic heterocycles. The highest BCUT2D eigenvalue weighted by atomic mass is 35.5. The molecule has 0 radical (unpaired) electrons. The molecule has 0 fully saturated rings. The third-order valence-electron chi connectivity index (χ3n) is 2.54. The number of ether oxygens (including phenoxy) is 1. The molecule has 0 aromatic carbocycles. The summed E-state index contributed by atoms with van der Waals surface area (Å²) in [4.78, 5) is 23.1. The van der Waals surface area contributed by atoms with E-state index in [0.717, 1.165) is 6.42 Å². The number of hydrogen-bond donors (Lipinski definition) is 3. The molecule has 0 spiro atoms. The molecule has 6 nitrogen and oxygen atoms in total. The predicted octanol–water partition coefficient (Wildman–Crippen LogP) is 0.0636. The first kappa shape index (κ1) is 20.5. The second-order valence-corrected chi connectivity index (χ2v) is 4.28. The number of carbonyl (C=O) groups is 2. The number of nitrogens with one attached hydrogen (secondary N) is 3. The zero-order valence-corrected chi connectivity index (χ0v) is 12.9. The van der Waals surface area contributed by atoms with Crippen molar-refractivity contribution in [3.8, 4) is 0 Å². The van der Waals surface area contributed by atoms with E-state index in [1.807, 2.05) is 13.8 Å². The number of rotatable bonds is 9. The van der Waals surface area contributed by atoms with Gasteiger partial charge in [-0.1, -0.05) is 6.92 Å². The molecule has 3 N–H and O–H groups in total. The molecular formula is C12H26ClN3O3. The van der Waals surface area contributed by atoms with Crippen LogP contribution in [0.4, 0.5) is 0 Å². The van der Waals surface area contributed by atoms with E-state index < -0.39 is 6.04 Å². The first-order chi connectivity index (χ1) is 8.51. The largest absolute Gasteiger partial charge is 0.383 e. The molecule has 2 amide bonds. The molecule has 0 saturated heterocycles. The normalized spacial score (nSPS) is 13.1. The second-order valence-electron chi connectivity index (χ2n) is 4.28. The van der Waals surface area contributed by atoms with Gasteiger partial charge >= 0.3 is 0 Å². The number of carbonyl (C=O) groups excluding carboxylic acids is 2. The second kappa shape index (κ2) is 12.2. The van der Waals surface area contributed by atoms with Gasteiger partial charge in [-0.25, -0.2) is 0 Å². The Labute approximate surface area is 121 Å². The lowest BCUT2D eigenvalue weighted by atomic mass is 10.2. The molecule has 0 aliphatic carbocycles. The minimum absolute atomic E-state index is 0. The van der Waals surface area contributed by atoms with Gasteiger partial charge in [-0.05, 0) is 20.3 Å². The predicted molar refractivity (Wildman–Crippen MR) is 77.5 cm³/mol. The van der Waals surface area contributed by atoms with Crippen LogP contribution in [0.3, 0.4) is 0 Å². The van der Waals surface area contributed by atoms with E-state index in [0.29, 0.717) is 13.2 Å². The molecule has 19 heavy (non-hydrogen) atoms. The van der Waals surface area contributed by atoms with Crippen LogP contribution in [0.15, 0.2) is 0 Å². The van der Waals surface area contributed by atoms with E-state index in [1.54, 1.807) is 14.0 Å². The maximum atomic E-state index is 11.7. The monoisotopic (exact) mass is 295 g/mol. The van der Waals surface area contributed by atoms with Crippen LogP contribution in [0.25, 0.3) is 0 Å². The molecule has 114 valence electrons. The fourth-order valence-corrected chi connectivity index (χ4v) is 1.20. The quantitative estimate of drug-likeness (QED) is 0.526. The number of halogens is 1. The first-order valence-corrected chi connectivity index (χ1v) is 6.30. The van der Waals surface area contributed by atoms with Crippen LogP contribution >= 0.6 is 12.4 Å². The Bertz CT molecular complexity index is 265. The Kier molecular flexibility index (Phi) is 13.1. The maximum Gasteiger partial charge on any atom is 0.242 e. The standard InChI is InChI=1S/C12H25N3O3.ClH/c1-5-9(2)14-12(17)10(3)15-11(16)8-13-6-7-18-4;/h9-10,13H,5-8H2,1-4H3,(H,14,17)(H,15,16);1H. The zero-order valence-electron chi connectivity index (χ0n) is 12.1. The van der Waals surface area contributed by atoms with Crippen molar-refractivity contribution in [3.05, 3.63) is 0 Å². The molecule has 2 unspecified atom stereocenters. The van der Waals surface area contributed by atoms with Crippen LogP contribution in [0.2, 0.25) is 0 Å². The average molecular weight is 296 g/mol. The van der Waals surface area contributed by atoms with Crippen molar-refractivity contribution in [1.29, 1.82) is 0 Å². The van der Waals surface area contributed by atoms with E-state index in [1.165, 1.54) is 0 Å². The lowest BCUT2D eigenvalue weighted by Crippen LogP contribution is -2.49. The highest BCUT2D eigenvalue weighted by Crippen LogP contribution is 1.90. The summed E-state index contributed by atoms with van der Waals surface area (Å²) in [6.45, 7) is 6.94. The van der Waals surface area contributed by atoms with Gasteiger partial charge in [0.1, 0.15) is 6.04 Å². The Balaban J connectivity index is 0. The lowest BCUT2D eigenvalue weighted by Gasteiger charge is -2.17. The van der Waals surface area contributed by atoms with Crippen LogP contribution in [-0.2, 0) is 14.3 Å². The Hall–Kier alpha value is -0.850. The molecule has 0 aliphatic rings. The molecule has 7 heteroatoms. The van der Waals surface area contributed by atoms with Crippen molar-refractivity contribution in [2.45, 2.75) is 39.3 Å². The average Bonchev–Trinajstić information content (AvgIpc) is 2.34. The number of methoxy groups -OCH3 is 1. The van der Waals surface area contributed by atoms with E-state index in [4.69, 9.17) is 4.74 Å². The zero-order chi connectivity index (χ0) is 14.0. The van der Waals surface area contributed by atoms with E-state index in [-0.39, 0.29) is 36.8 Å². The summed E-state index contributed by atoms with van der Waals surface area (Å²) in [5.74, 6) is -0.354. The topological polar surface area (TPSA) is 79.5 Å². The van der Waals surface area contributed by atoms with Gasteiger partial charge in [0.25, 0.3) is 0 Å². The summed E-state index contributed by atoms with van der Waals surface area (Å²) in [7, 11) is 1.60. The Morgan fingerprint density at radius 1 is 1.21 bits per heavy atom. The molecule has 0 bridgehead atoms. The van der Waals surface area contributed by atoms with Gasteiger partial charge in [-0.2, -0.15) is 0 Å². The van der Waals surface area contributed by atoms with E-state index in [2.05, 4.69) is 16.0 Å². The van der Waals surface area contributed by atoms with Gasteiger partial charge in [0.2, 0.25) is 11.8 Å². The molecule has 0 aromatic rings. The third kappa shape index (κ3) is 10.7. The van der Waals surface area contributed by atoms with Crippen LogP contribution in [0, 0.1) is 0 Å². The number of amides is 2. The molecule has 0 saturated carbocycles. The third-order valence-corrected chi connectivity index (χ3v) is 2.54. The van der Waals surface area contributed by atoms with Crippen LogP contribution < -0.4 is 16.0 Å². The summed E-state index contributed by atoms with van der Waals surface area (Å²) in [5.41, 5.74) is 0. The van der Waals surface area contributed by atoms with Crippen molar-refractivity contribution in [1.82, 2.24) is 16.0 Å². The van der Waals surface area contributed by atoms with Gasteiger partial charge in [0.15, 0.2) is 0 Å². The van der Waals surface area contributed by atoms with Crippen LogP contribution in [-0.4, -0.2) is 50.7 Å². The van der Waals surface area contributed by atoms with Gasteiger partial charge < -0.3 is 20.7 Å². The number of hydrogen-bond acceptors (Lipinski definition) is 4. The van der Waals surface area contributed by atoms with Crippen molar-refractivity contribution in [3.63, 3.8) is 0 Å². The van der Waals surface area contributed by atoms with Gasteiger partial charge in [-0.15, -0.1) is 12.4 Å². The molecular weight excluding hydrogens is 270 g/mol. The molecule has 0 heterocycles. The molecule has 2 atom stereocenters. The van der Waals surface area contributed by atoms with Crippen molar-refractivity contribution in [2.75, 3.05) is 26.8 Å². The minimum Gasteiger partial charge on any atom is -0.383 e. The van der Waals surface area contributed by atoms with Crippen molar-refractivity contribution in [2.24, 2.45) is 0 Å². The van der Waals surface area contributed by atoms with E-state index in [9.17, 15) is 9.59 Å².